The maximum absolute atomic E-state index is 6.00. The number of ether oxygens (including phenoxy) is 2. The third kappa shape index (κ3) is 6.23. The minimum absolute atomic E-state index is 0.0601. The van der Waals surface area contributed by atoms with E-state index in [0.717, 1.165) is 38.7 Å². The molecule has 2 heteroatoms. The van der Waals surface area contributed by atoms with Gasteiger partial charge in [-0.2, -0.15) is 0 Å². The Morgan fingerprint density at radius 2 is 2.24 bits per heavy atom. The van der Waals surface area contributed by atoms with Crippen LogP contribution in [-0.4, -0.2) is 19.0 Å². The quantitative estimate of drug-likeness (QED) is 0.612. The van der Waals surface area contributed by atoms with E-state index in [4.69, 9.17) is 9.47 Å². The van der Waals surface area contributed by atoms with Crippen LogP contribution in [0.3, 0.4) is 0 Å². The molecule has 1 saturated heterocycles. The molecule has 0 amide bonds. The van der Waals surface area contributed by atoms with Crippen molar-refractivity contribution in [3.05, 3.63) is 11.6 Å². The molecule has 1 heterocycles. The lowest BCUT2D eigenvalue weighted by atomic mass is 10.1. The van der Waals surface area contributed by atoms with E-state index in [-0.39, 0.29) is 6.29 Å². The molecule has 2 atom stereocenters. The molecule has 0 aromatic carbocycles. The Kier molecular flexibility index (Phi) is 7.54. The molecule has 1 fully saturated rings. The highest BCUT2D eigenvalue weighted by Gasteiger charge is 2.18. The van der Waals surface area contributed by atoms with Crippen LogP contribution >= 0.6 is 0 Å². The fraction of sp³-hybridized carbons (Fsp3) is 0.867. The fourth-order valence-corrected chi connectivity index (χ4v) is 2.06. The Hall–Kier alpha value is -0.340. The molecular weight excluding hydrogens is 212 g/mol. The van der Waals surface area contributed by atoms with E-state index >= 15 is 0 Å². The van der Waals surface area contributed by atoms with Gasteiger partial charge < -0.3 is 9.47 Å². The van der Waals surface area contributed by atoms with E-state index in [1.165, 1.54) is 18.4 Å². The van der Waals surface area contributed by atoms with Gasteiger partial charge in [0.1, 0.15) is 0 Å². The summed E-state index contributed by atoms with van der Waals surface area (Å²) >= 11 is 0. The highest BCUT2D eigenvalue weighted by atomic mass is 16.7. The van der Waals surface area contributed by atoms with Crippen LogP contribution in [0, 0.1) is 0 Å². The Labute approximate surface area is 106 Å². The highest BCUT2D eigenvalue weighted by molar-refractivity contribution is 4.96. The summed E-state index contributed by atoms with van der Waals surface area (Å²) in [5.74, 6) is 0. The summed E-state index contributed by atoms with van der Waals surface area (Å²) in [6, 6.07) is 0. The summed E-state index contributed by atoms with van der Waals surface area (Å²) in [6.07, 6.45) is 10.8. The number of rotatable bonds is 7. The van der Waals surface area contributed by atoms with Crippen molar-refractivity contribution in [2.45, 2.75) is 78.1 Å². The normalized spacial score (nSPS) is 23.7. The van der Waals surface area contributed by atoms with Crippen molar-refractivity contribution in [2.24, 2.45) is 0 Å². The molecule has 2 nitrogen and oxygen atoms in total. The second kappa shape index (κ2) is 8.71. The maximum Gasteiger partial charge on any atom is 0.157 e. The van der Waals surface area contributed by atoms with Gasteiger partial charge in [0.25, 0.3) is 0 Å². The first-order chi connectivity index (χ1) is 8.26. The summed E-state index contributed by atoms with van der Waals surface area (Å²) in [5, 5.41) is 0. The molecule has 0 radical (unpaired) electrons. The van der Waals surface area contributed by atoms with Crippen LogP contribution in [0.25, 0.3) is 0 Å². The van der Waals surface area contributed by atoms with Gasteiger partial charge in [0.05, 0.1) is 6.10 Å². The number of allylic oxidation sites excluding steroid dienone is 2. The zero-order chi connectivity index (χ0) is 12.5. The molecule has 0 spiro atoms. The van der Waals surface area contributed by atoms with E-state index in [1.54, 1.807) is 0 Å². The van der Waals surface area contributed by atoms with Gasteiger partial charge in [-0.25, -0.2) is 0 Å². The van der Waals surface area contributed by atoms with Crippen molar-refractivity contribution in [3.8, 4) is 0 Å². The molecule has 1 aliphatic rings. The van der Waals surface area contributed by atoms with Gasteiger partial charge in [0, 0.05) is 6.61 Å². The van der Waals surface area contributed by atoms with Crippen LogP contribution in [0.4, 0.5) is 0 Å². The molecule has 1 rings (SSSR count). The molecule has 0 bridgehead atoms. The monoisotopic (exact) mass is 240 g/mol. The molecule has 0 aromatic heterocycles. The van der Waals surface area contributed by atoms with Crippen molar-refractivity contribution in [1.29, 1.82) is 0 Å². The standard InChI is InChI=1S/C15H28O2/c1-4-13(3)9-8-10-14(5-2)17-15-11-6-7-12-16-15/h9,14-15H,4-8,10-12H2,1-3H3/b13-9+/t14-,15?/m1/s1. The van der Waals surface area contributed by atoms with Crippen molar-refractivity contribution in [1.82, 2.24) is 0 Å². The van der Waals surface area contributed by atoms with Crippen molar-refractivity contribution in [2.75, 3.05) is 6.61 Å². The average molecular weight is 240 g/mol. The van der Waals surface area contributed by atoms with Crippen molar-refractivity contribution in [3.63, 3.8) is 0 Å². The largest absolute Gasteiger partial charge is 0.353 e. The van der Waals surface area contributed by atoms with E-state index in [0.29, 0.717) is 6.10 Å². The van der Waals surface area contributed by atoms with Crippen molar-refractivity contribution >= 4 is 0 Å². The van der Waals surface area contributed by atoms with Crippen LogP contribution < -0.4 is 0 Å². The first kappa shape index (κ1) is 14.7. The summed E-state index contributed by atoms with van der Waals surface area (Å²) in [6.45, 7) is 7.47. The van der Waals surface area contributed by atoms with E-state index in [9.17, 15) is 0 Å². The lowest BCUT2D eigenvalue weighted by Crippen LogP contribution is -2.27. The summed E-state index contributed by atoms with van der Waals surface area (Å²) in [5.41, 5.74) is 1.48. The fourth-order valence-electron chi connectivity index (χ4n) is 2.06. The molecule has 0 N–H and O–H groups in total. The highest BCUT2D eigenvalue weighted by Crippen LogP contribution is 2.19. The zero-order valence-electron chi connectivity index (χ0n) is 11.7. The molecular formula is C15H28O2. The van der Waals surface area contributed by atoms with Crippen LogP contribution in [0.5, 0.6) is 0 Å². The van der Waals surface area contributed by atoms with Crippen LogP contribution in [0.1, 0.15) is 65.7 Å². The maximum atomic E-state index is 6.00. The van der Waals surface area contributed by atoms with Gasteiger partial charge in [0.2, 0.25) is 0 Å². The molecule has 1 aliphatic heterocycles. The molecule has 1 unspecified atom stereocenters. The second-order valence-electron chi connectivity index (χ2n) is 4.94. The minimum atomic E-state index is 0.0601. The Morgan fingerprint density at radius 1 is 1.41 bits per heavy atom. The van der Waals surface area contributed by atoms with Gasteiger partial charge in [0.15, 0.2) is 6.29 Å². The Balaban J connectivity index is 2.22. The molecule has 100 valence electrons. The van der Waals surface area contributed by atoms with Gasteiger partial charge in [-0.15, -0.1) is 0 Å². The third-order valence-corrected chi connectivity index (χ3v) is 3.48. The summed E-state index contributed by atoms with van der Waals surface area (Å²) in [4.78, 5) is 0. The SMILES string of the molecule is CC/C(C)=C/CC[C@@H](CC)OC1CCCCO1. The van der Waals surface area contributed by atoms with Gasteiger partial charge >= 0.3 is 0 Å². The number of hydrogen-bond acceptors (Lipinski definition) is 2. The Bertz CT molecular complexity index is 217. The Morgan fingerprint density at radius 3 is 2.82 bits per heavy atom. The predicted molar refractivity (Wildman–Crippen MR) is 72.0 cm³/mol. The number of hydrogen-bond donors (Lipinski definition) is 0. The smallest absolute Gasteiger partial charge is 0.157 e. The molecule has 0 aliphatic carbocycles. The van der Waals surface area contributed by atoms with Gasteiger partial charge in [-0.1, -0.05) is 25.5 Å². The molecule has 0 aromatic rings. The third-order valence-electron chi connectivity index (χ3n) is 3.48. The van der Waals surface area contributed by atoms with Crippen LogP contribution in [0.2, 0.25) is 0 Å². The van der Waals surface area contributed by atoms with Crippen LogP contribution in [0.15, 0.2) is 11.6 Å². The molecule has 0 saturated carbocycles. The lowest BCUT2D eigenvalue weighted by molar-refractivity contribution is -0.189. The summed E-state index contributed by atoms with van der Waals surface area (Å²) < 4.78 is 11.6. The van der Waals surface area contributed by atoms with E-state index in [2.05, 4.69) is 26.8 Å². The molecule has 17 heavy (non-hydrogen) atoms. The minimum Gasteiger partial charge on any atom is -0.353 e. The first-order valence-electron chi connectivity index (χ1n) is 7.19. The predicted octanol–water partition coefficient (Wildman–Crippen LogP) is 4.44. The van der Waals surface area contributed by atoms with Crippen molar-refractivity contribution < 1.29 is 9.47 Å². The second-order valence-corrected chi connectivity index (χ2v) is 4.94. The van der Waals surface area contributed by atoms with Gasteiger partial charge in [-0.3, -0.25) is 0 Å². The summed E-state index contributed by atoms with van der Waals surface area (Å²) in [7, 11) is 0. The van der Waals surface area contributed by atoms with E-state index < -0.39 is 0 Å². The average Bonchev–Trinajstić information content (AvgIpc) is 2.38. The van der Waals surface area contributed by atoms with E-state index in [1.807, 2.05) is 0 Å². The van der Waals surface area contributed by atoms with Crippen LogP contribution in [-0.2, 0) is 9.47 Å². The topological polar surface area (TPSA) is 18.5 Å². The van der Waals surface area contributed by atoms with Gasteiger partial charge in [-0.05, 0) is 51.9 Å². The first-order valence-corrected chi connectivity index (χ1v) is 7.19. The zero-order valence-corrected chi connectivity index (χ0v) is 11.7. The lowest BCUT2D eigenvalue weighted by Gasteiger charge is -2.27.